The van der Waals surface area contributed by atoms with Gasteiger partial charge >= 0.3 is 0 Å². The van der Waals surface area contributed by atoms with Crippen LogP contribution in [0.5, 0.6) is 0 Å². The summed E-state index contributed by atoms with van der Waals surface area (Å²) < 4.78 is 5.51. The Balaban J connectivity index is 1.67. The molecule has 2 rings (SSSR count). The largest absolute Gasteiger partial charge is 0.392 e. The van der Waals surface area contributed by atoms with Gasteiger partial charge in [-0.2, -0.15) is 0 Å². The second-order valence-electron chi connectivity index (χ2n) is 5.32. The monoisotopic (exact) mass is 299 g/mol. The third-order valence-corrected chi connectivity index (χ3v) is 3.84. The summed E-state index contributed by atoms with van der Waals surface area (Å²) >= 11 is 6.03. The number of nitrogens with zero attached hydrogens (tertiary/aromatic N) is 1. The fourth-order valence-corrected chi connectivity index (χ4v) is 2.66. The smallest absolute Gasteiger partial charge is 0.0900 e. The van der Waals surface area contributed by atoms with E-state index in [0.29, 0.717) is 24.7 Å². The first kappa shape index (κ1) is 15.7. The molecule has 0 aliphatic carbocycles. The maximum Gasteiger partial charge on any atom is 0.0900 e. The molecule has 0 amide bonds. The lowest BCUT2D eigenvalue weighted by Crippen LogP contribution is -2.43. The van der Waals surface area contributed by atoms with Crippen molar-refractivity contribution in [2.45, 2.75) is 31.7 Å². The molecule has 0 radical (unpaired) electrons. The molecule has 0 saturated carbocycles. The summed E-state index contributed by atoms with van der Waals surface area (Å²) in [5.74, 6) is 0. The number of ether oxygens (including phenoxy) is 1. The van der Waals surface area contributed by atoms with Gasteiger partial charge in [-0.1, -0.05) is 29.8 Å². The zero-order chi connectivity index (χ0) is 14.4. The highest BCUT2D eigenvalue weighted by atomic mass is 35.5. The molecule has 1 aliphatic rings. The van der Waals surface area contributed by atoms with Crippen LogP contribution >= 0.6 is 11.6 Å². The fourth-order valence-electron chi connectivity index (χ4n) is 2.47. The molecule has 2 N–H and O–H groups in total. The number of halogens is 1. The number of likely N-dealkylation sites (tertiary alicyclic amines) is 1. The van der Waals surface area contributed by atoms with Gasteiger partial charge in [0.05, 0.1) is 25.4 Å². The molecule has 1 heterocycles. The highest BCUT2D eigenvalue weighted by Gasteiger charge is 2.19. The first-order chi connectivity index (χ1) is 9.65. The lowest BCUT2D eigenvalue weighted by Gasteiger charge is -2.31. The molecule has 1 saturated heterocycles. The number of hydrogen-bond acceptors (Lipinski definition) is 4. The molecule has 20 heavy (non-hydrogen) atoms. The number of benzene rings is 1. The van der Waals surface area contributed by atoms with Gasteiger partial charge in [0, 0.05) is 18.1 Å². The second-order valence-corrected chi connectivity index (χ2v) is 5.72. The van der Waals surface area contributed by atoms with Crippen LogP contribution in [0.2, 0.25) is 5.02 Å². The topological polar surface area (TPSA) is 52.9 Å². The van der Waals surface area contributed by atoms with Crippen LogP contribution in [0, 0.1) is 0 Å². The van der Waals surface area contributed by atoms with Crippen LogP contribution in [0.25, 0.3) is 0 Å². The lowest BCUT2D eigenvalue weighted by atomic mass is 10.1. The molecule has 112 valence electrons. The number of aliphatic hydroxyl groups is 2. The van der Waals surface area contributed by atoms with E-state index in [0.717, 1.165) is 24.9 Å². The Bertz CT molecular complexity index is 416. The summed E-state index contributed by atoms with van der Waals surface area (Å²) in [5.41, 5.74) is 0.926. The van der Waals surface area contributed by atoms with Crippen molar-refractivity contribution < 1.29 is 14.9 Å². The van der Waals surface area contributed by atoms with Crippen molar-refractivity contribution in [2.75, 3.05) is 26.2 Å². The van der Waals surface area contributed by atoms with E-state index in [-0.39, 0.29) is 12.7 Å². The van der Waals surface area contributed by atoms with Crippen molar-refractivity contribution in [3.63, 3.8) is 0 Å². The van der Waals surface area contributed by atoms with Gasteiger partial charge in [-0.3, -0.25) is 4.90 Å². The van der Waals surface area contributed by atoms with Crippen molar-refractivity contribution in [3.05, 3.63) is 34.9 Å². The minimum atomic E-state index is -0.539. The fraction of sp³-hybridized carbons (Fsp3) is 0.600. The van der Waals surface area contributed by atoms with E-state index in [4.69, 9.17) is 16.3 Å². The van der Waals surface area contributed by atoms with E-state index in [1.165, 1.54) is 0 Å². The van der Waals surface area contributed by atoms with Crippen LogP contribution in [-0.2, 0) is 11.3 Å². The van der Waals surface area contributed by atoms with Crippen molar-refractivity contribution in [1.82, 2.24) is 4.90 Å². The first-order valence-electron chi connectivity index (χ1n) is 7.05. The predicted octanol–water partition coefficient (Wildman–Crippen LogP) is 1.67. The van der Waals surface area contributed by atoms with Crippen LogP contribution < -0.4 is 0 Å². The van der Waals surface area contributed by atoms with Gasteiger partial charge in [-0.05, 0) is 31.0 Å². The summed E-state index contributed by atoms with van der Waals surface area (Å²) in [4.78, 5) is 2.08. The Hall–Kier alpha value is -0.650. The van der Waals surface area contributed by atoms with E-state index in [2.05, 4.69) is 4.90 Å². The molecular weight excluding hydrogens is 278 g/mol. The quantitative estimate of drug-likeness (QED) is 0.839. The standard InChI is InChI=1S/C15H22ClNO3/c16-15-6-2-1-4-12(15)10-20-11-14(19)9-17-7-3-5-13(18)8-17/h1-2,4,6,13-14,18-19H,3,5,7-11H2. The number of rotatable bonds is 6. The molecule has 2 unspecified atom stereocenters. The number of piperidine rings is 1. The summed E-state index contributed by atoms with van der Waals surface area (Å²) in [5, 5.41) is 20.2. The average molecular weight is 300 g/mol. The van der Waals surface area contributed by atoms with E-state index in [1.807, 2.05) is 24.3 Å². The molecule has 2 atom stereocenters. The van der Waals surface area contributed by atoms with Gasteiger partial charge in [0.2, 0.25) is 0 Å². The molecule has 4 nitrogen and oxygen atoms in total. The van der Waals surface area contributed by atoms with E-state index in [9.17, 15) is 10.2 Å². The molecule has 1 aliphatic heterocycles. The number of hydrogen-bond donors (Lipinski definition) is 2. The van der Waals surface area contributed by atoms with Crippen molar-refractivity contribution in [2.24, 2.45) is 0 Å². The number of aliphatic hydroxyl groups excluding tert-OH is 2. The molecule has 0 aromatic heterocycles. The summed E-state index contributed by atoms with van der Waals surface area (Å²) in [6.45, 7) is 2.79. The molecule has 0 spiro atoms. The average Bonchev–Trinajstić information content (AvgIpc) is 2.41. The SMILES string of the molecule is OC1CCCN(CC(O)COCc2ccccc2Cl)C1. The van der Waals surface area contributed by atoms with Crippen LogP contribution in [0.4, 0.5) is 0 Å². The first-order valence-corrected chi connectivity index (χ1v) is 7.42. The predicted molar refractivity (Wildman–Crippen MR) is 78.8 cm³/mol. The molecular formula is C15H22ClNO3. The number of β-amino-alcohol motifs (C(OH)–C–C–N with tert-alkyl or cyclic N) is 2. The highest BCUT2D eigenvalue weighted by Crippen LogP contribution is 2.16. The Labute approximate surface area is 124 Å². The maximum absolute atomic E-state index is 9.95. The molecule has 1 fully saturated rings. The van der Waals surface area contributed by atoms with Gasteiger partial charge in [0.25, 0.3) is 0 Å². The van der Waals surface area contributed by atoms with Crippen molar-refractivity contribution >= 4 is 11.6 Å². The summed E-state index contributed by atoms with van der Waals surface area (Å²) in [6, 6.07) is 7.53. The van der Waals surface area contributed by atoms with Crippen LogP contribution in [-0.4, -0.2) is 53.6 Å². The Morgan fingerprint density at radius 2 is 2.20 bits per heavy atom. The van der Waals surface area contributed by atoms with E-state index >= 15 is 0 Å². The zero-order valence-electron chi connectivity index (χ0n) is 11.5. The minimum absolute atomic E-state index is 0.264. The normalized spacial score (nSPS) is 21.9. The van der Waals surface area contributed by atoms with Crippen LogP contribution in [0.1, 0.15) is 18.4 Å². The molecule has 1 aromatic carbocycles. The summed E-state index contributed by atoms with van der Waals surface area (Å²) in [7, 11) is 0. The van der Waals surface area contributed by atoms with E-state index in [1.54, 1.807) is 0 Å². The van der Waals surface area contributed by atoms with Crippen LogP contribution in [0.15, 0.2) is 24.3 Å². The second kappa shape index (κ2) is 7.96. The highest BCUT2D eigenvalue weighted by molar-refractivity contribution is 6.31. The van der Waals surface area contributed by atoms with Gasteiger partial charge in [-0.25, -0.2) is 0 Å². The zero-order valence-corrected chi connectivity index (χ0v) is 12.3. The van der Waals surface area contributed by atoms with Crippen molar-refractivity contribution in [3.8, 4) is 0 Å². The Morgan fingerprint density at radius 1 is 1.40 bits per heavy atom. The van der Waals surface area contributed by atoms with Gasteiger partial charge in [0.15, 0.2) is 0 Å². The molecule has 1 aromatic rings. The van der Waals surface area contributed by atoms with Gasteiger partial charge < -0.3 is 14.9 Å². The molecule has 5 heteroatoms. The lowest BCUT2D eigenvalue weighted by molar-refractivity contribution is -0.00732. The minimum Gasteiger partial charge on any atom is -0.392 e. The Morgan fingerprint density at radius 3 is 2.95 bits per heavy atom. The maximum atomic E-state index is 9.95. The summed E-state index contributed by atoms with van der Waals surface area (Å²) in [6.07, 6.45) is 1.03. The van der Waals surface area contributed by atoms with E-state index < -0.39 is 6.10 Å². The van der Waals surface area contributed by atoms with Crippen molar-refractivity contribution in [1.29, 1.82) is 0 Å². The third-order valence-electron chi connectivity index (χ3n) is 3.48. The third kappa shape index (κ3) is 5.04. The van der Waals surface area contributed by atoms with Crippen LogP contribution in [0.3, 0.4) is 0 Å². The Kier molecular flexibility index (Phi) is 6.26. The molecule has 0 bridgehead atoms. The van der Waals surface area contributed by atoms with Gasteiger partial charge in [-0.15, -0.1) is 0 Å². The van der Waals surface area contributed by atoms with Gasteiger partial charge in [0.1, 0.15) is 0 Å².